The van der Waals surface area contributed by atoms with Gasteiger partial charge in [-0.05, 0) is 59.7 Å². The summed E-state index contributed by atoms with van der Waals surface area (Å²) in [5.41, 5.74) is 6.56. The quantitative estimate of drug-likeness (QED) is 0.398. The molecule has 0 aliphatic rings. The Kier molecular flexibility index (Phi) is 4.92. The maximum atomic E-state index is 11.2. The monoisotopic (exact) mass is 413 g/mol. The Bertz CT molecular complexity index is 1220. The SMILES string of the molecule is Cc1ccc2c(c1)nc(-c1cccnc1)n2-c1cc(C(C)(C)C)c(O)c(C(C)(C)C)c1. The first kappa shape index (κ1) is 21.1. The molecule has 0 aliphatic heterocycles. The zero-order chi connectivity index (χ0) is 22.6. The molecule has 0 fully saturated rings. The van der Waals surface area contributed by atoms with Crippen molar-refractivity contribution < 1.29 is 5.11 Å². The minimum Gasteiger partial charge on any atom is -0.507 e. The molecular weight excluding hydrogens is 382 g/mol. The number of pyridine rings is 1. The van der Waals surface area contributed by atoms with Crippen molar-refractivity contribution in [3.63, 3.8) is 0 Å². The zero-order valence-electron chi connectivity index (χ0n) is 19.5. The number of hydrogen-bond donors (Lipinski definition) is 1. The molecule has 0 spiro atoms. The van der Waals surface area contributed by atoms with E-state index in [4.69, 9.17) is 4.98 Å². The van der Waals surface area contributed by atoms with E-state index in [9.17, 15) is 5.11 Å². The molecular formula is C27H31N3O. The predicted octanol–water partition coefficient (Wildman–Crippen LogP) is 6.70. The van der Waals surface area contributed by atoms with E-state index >= 15 is 0 Å². The predicted molar refractivity (Wildman–Crippen MR) is 128 cm³/mol. The van der Waals surface area contributed by atoms with Crippen LogP contribution in [0.25, 0.3) is 28.1 Å². The first-order valence-corrected chi connectivity index (χ1v) is 10.7. The number of phenolic OH excluding ortho intramolecular Hbond substituents is 1. The highest BCUT2D eigenvalue weighted by Gasteiger charge is 2.28. The van der Waals surface area contributed by atoms with Crippen molar-refractivity contribution in [3.8, 4) is 22.8 Å². The number of phenols is 1. The van der Waals surface area contributed by atoms with Crippen LogP contribution in [0.3, 0.4) is 0 Å². The lowest BCUT2D eigenvalue weighted by Gasteiger charge is -2.28. The molecule has 2 heterocycles. The molecule has 2 aromatic heterocycles. The van der Waals surface area contributed by atoms with Gasteiger partial charge in [-0.15, -0.1) is 0 Å². The molecule has 0 bridgehead atoms. The van der Waals surface area contributed by atoms with E-state index in [1.165, 1.54) is 5.56 Å². The molecule has 0 radical (unpaired) electrons. The summed E-state index contributed by atoms with van der Waals surface area (Å²) in [5.74, 6) is 1.23. The van der Waals surface area contributed by atoms with Crippen molar-refractivity contribution in [2.24, 2.45) is 0 Å². The molecule has 4 heteroatoms. The third-order valence-corrected chi connectivity index (χ3v) is 5.70. The lowest BCUT2D eigenvalue weighted by atomic mass is 9.79. The lowest BCUT2D eigenvalue weighted by Crippen LogP contribution is -2.18. The van der Waals surface area contributed by atoms with Crippen molar-refractivity contribution in [1.82, 2.24) is 14.5 Å². The largest absolute Gasteiger partial charge is 0.507 e. The third kappa shape index (κ3) is 3.83. The fourth-order valence-corrected chi connectivity index (χ4v) is 4.03. The molecule has 31 heavy (non-hydrogen) atoms. The van der Waals surface area contributed by atoms with Gasteiger partial charge in [0.25, 0.3) is 0 Å². The van der Waals surface area contributed by atoms with Crippen LogP contribution in [0.15, 0.2) is 54.9 Å². The van der Waals surface area contributed by atoms with Gasteiger partial charge in [-0.2, -0.15) is 0 Å². The molecule has 0 saturated heterocycles. The summed E-state index contributed by atoms with van der Waals surface area (Å²) >= 11 is 0. The number of rotatable bonds is 2. The number of aryl methyl sites for hydroxylation is 1. The Morgan fingerprint density at radius 2 is 1.52 bits per heavy atom. The van der Waals surface area contributed by atoms with Gasteiger partial charge >= 0.3 is 0 Å². The van der Waals surface area contributed by atoms with Gasteiger partial charge in [0.15, 0.2) is 0 Å². The van der Waals surface area contributed by atoms with Crippen LogP contribution in [-0.2, 0) is 10.8 Å². The van der Waals surface area contributed by atoms with E-state index in [0.717, 1.165) is 39.2 Å². The van der Waals surface area contributed by atoms with Gasteiger partial charge in [0, 0.05) is 34.8 Å². The Balaban J connectivity index is 2.12. The van der Waals surface area contributed by atoms with E-state index in [2.05, 4.69) is 88.3 Å². The number of fused-ring (bicyclic) bond motifs is 1. The second-order valence-corrected chi connectivity index (χ2v) is 10.4. The maximum absolute atomic E-state index is 11.2. The van der Waals surface area contributed by atoms with Crippen molar-refractivity contribution in [2.45, 2.75) is 59.3 Å². The van der Waals surface area contributed by atoms with Gasteiger partial charge < -0.3 is 5.11 Å². The molecule has 0 unspecified atom stereocenters. The molecule has 160 valence electrons. The first-order valence-electron chi connectivity index (χ1n) is 10.7. The van der Waals surface area contributed by atoms with E-state index in [1.54, 1.807) is 6.20 Å². The molecule has 0 amide bonds. The van der Waals surface area contributed by atoms with Crippen molar-refractivity contribution in [1.29, 1.82) is 0 Å². The van der Waals surface area contributed by atoms with Crippen molar-refractivity contribution >= 4 is 11.0 Å². The number of imidazole rings is 1. The second-order valence-electron chi connectivity index (χ2n) is 10.4. The van der Waals surface area contributed by atoms with Crippen LogP contribution in [0.1, 0.15) is 58.2 Å². The van der Waals surface area contributed by atoms with Crippen LogP contribution in [-0.4, -0.2) is 19.6 Å². The smallest absolute Gasteiger partial charge is 0.147 e. The van der Waals surface area contributed by atoms with Gasteiger partial charge in [0.2, 0.25) is 0 Å². The van der Waals surface area contributed by atoms with Gasteiger partial charge in [0.1, 0.15) is 11.6 Å². The fourth-order valence-electron chi connectivity index (χ4n) is 4.03. The summed E-state index contributed by atoms with van der Waals surface area (Å²) in [6.45, 7) is 14.9. The molecule has 0 aliphatic carbocycles. The highest BCUT2D eigenvalue weighted by molar-refractivity contribution is 5.84. The zero-order valence-corrected chi connectivity index (χ0v) is 19.5. The summed E-state index contributed by atoms with van der Waals surface area (Å²) in [7, 11) is 0. The average Bonchev–Trinajstić information content (AvgIpc) is 3.05. The first-order chi connectivity index (χ1) is 14.5. The van der Waals surface area contributed by atoms with Crippen LogP contribution in [0.4, 0.5) is 0 Å². The average molecular weight is 414 g/mol. The number of aromatic hydroxyl groups is 1. The van der Waals surface area contributed by atoms with Gasteiger partial charge in [-0.1, -0.05) is 47.6 Å². The molecule has 0 saturated carbocycles. The van der Waals surface area contributed by atoms with Crippen molar-refractivity contribution in [2.75, 3.05) is 0 Å². The van der Waals surface area contributed by atoms with E-state index in [1.807, 2.05) is 18.3 Å². The number of aromatic nitrogens is 3. The van der Waals surface area contributed by atoms with Gasteiger partial charge in [0.05, 0.1) is 11.0 Å². The summed E-state index contributed by atoms with van der Waals surface area (Å²) in [6, 6.07) is 14.5. The number of hydrogen-bond acceptors (Lipinski definition) is 3. The molecule has 4 aromatic rings. The highest BCUT2D eigenvalue weighted by atomic mass is 16.3. The van der Waals surface area contributed by atoms with E-state index in [-0.39, 0.29) is 10.8 Å². The molecule has 1 N–H and O–H groups in total. The highest BCUT2D eigenvalue weighted by Crippen LogP contribution is 2.42. The Morgan fingerprint density at radius 1 is 0.871 bits per heavy atom. The van der Waals surface area contributed by atoms with Crippen LogP contribution in [0, 0.1) is 6.92 Å². The standard InChI is InChI=1S/C27H31N3O/c1-17-10-11-23-22(13-17)29-25(18-9-8-12-28-16-18)30(23)19-14-20(26(2,3)4)24(31)21(15-19)27(5,6)7/h8-16,31H,1-7H3. The molecule has 0 atom stereocenters. The second kappa shape index (κ2) is 7.23. The summed E-state index contributed by atoms with van der Waals surface area (Å²) in [6.07, 6.45) is 3.62. The Hall–Kier alpha value is -3.14. The number of nitrogens with zero attached hydrogens (tertiary/aromatic N) is 3. The third-order valence-electron chi connectivity index (χ3n) is 5.70. The van der Waals surface area contributed by atoms with E-state index in [0.29, 0.717) is 5.75 Å². The Morgan fingerprint density at radius 3 is 2.06 bits per heavy atom. The Labute approximate surface area is 184 Å². The summed E-state index contributed by atoms with van der Waals surface area (Å²) in [4.78, 5) is 9.30. The topological polar surface area (TPSA) is 50.9 Å². The number of benzene rings is 2. The van der Waals surface area contributed by atoms with Gasteiger partial charge in [-0.25, -0.2) is 4.98 Å². The van der Waals surface area contributed by atoms with Crippen molar-refractivity contribution in [3.05, 3.63) is 71.5 Å². The minimum absolute atomic E-state index is 0.207. The molecule has 2 aromatic carbocycles. The lowest BCUT2D eigenvalue weighted by molar-refractivity contribution is 0.423. The molecule has 4 nitrogen and oxygen atoms in total. The van der Waals surface area contributed by atoms with Crippen LogP contribution < -0.4 is 0 Å². The maximum Gasteiger partial charge on any atom is 0.147 e. The normalized spacial score (nSPS) is 12.5. The minimum atomic E-state index is -0.207. The van der Waals surface area contributed by atoms with Crippen LogP contribution in [0.2, 0.25) is 0 Å². The molecule has 4 rings (SSSR count). The van der Waals surface area contributed by atoms with E-state index < -0.39 is 0 Å². The summed E-state index contributed by atoms with van der Waals surface area (Å²) < 4.78 is 2.19. The van der Waals surface area contributed by atoms with Gasteiger partial charge in [-0.3, -0.25) is 9.55 Å². The van der Waals surface area contributed by atoms with Crippen LogP contribution >= 0.6 is 0 Å². The summed E-state index contributed by atoms with van der Waals surface area (Å²) in [5, 5.41) is 11.2. The fraction of sp³-hybridized carbons (Fsp3) is 0.333. The van der Waals surface area contributed by atoms with Crippen LogP contribution in [0.5, 0.6) is 5.75 Å².